The highest BCUT2D eigenvalue weighted by Gasteiger charge is 2.32. The van der Waals surface area contributed by atoms with Crippen molar-refractivity contribution in [1.82, 2.24) is 0 Å². The van der Waals surface area contributed by atoms with Crippen LogP contribution in [-0.2, 0) is 18.9 Å². The molecule has 2 aromatic rings. The van der Waals surface area contributed by atoms with Crippen LogP contribution in [-0.4, -0.2) is 50.2 Å². The first kappa shape index (κ1) is 28.6. The number of benzene rings is 2. The Labute approximate surface area is 228 Å². The third-order valence-corrected chi connectivity index (χ3v) is 6.92. The SMILES string of the molecule is C=C(c1ccc(OCCCCC2COC(C)(C)O2)cc1)c1ccc(OCCCCC2COC(C)(C)O2)cc1. The Morgan fingerprint density at radius 2 is 1.08 bits per heavy atom. The monoisotopic (exact) mass is 524 g/mol. The normalized spacial score (nSPS) is 21.9. The van der Waals surface area contributed by atoms with Gasteiger partial charge in [-0.15, -0.1) is 0 Å². The van der Waals surface area contributed by atoms with Crippen molar-refractivity contribution in [1.29, 1.82) is 0 Å². The second-order valence-corrected chi connectivity index (χ2v) is 11.1. The van der Waals surface area contributed by atoms with E-state index < -0.39 is 11.6 Å². The third kappa shape index (κ3) is 8.84. The lowest BCUT2D eigenvalue weighted by molar-refractivity contribution is -0.139. The van der Waals surface area contributed by atoms with Gasteiger partial charge in [-0.05, 0) is 107 Å². The van der Waals surface area contributed by atoms with Gasteiger partial charge in [0.15, 0.2) is 11.6 Å². The summed E-state index contributed by atoms with van der Waals surface area (Å²) < 4.78 is 34.8. The van der Waals surface area contributed by atoms with Crippen LogP contribution in [0.25, 0.3) is 5.57 Å². The van der Waals surface area contributed by atoms with Gasteiger partial charge < -0.3 is 28.4 Å². The summed E-state index contributed by atoms with van der Waals surface area (Å²) in [5, 5.41) is 0. The van der Waals surface area contributed by atoms with Gasteiger partial charge in [0.05, 0.1) is 38.6 Å². The molecule has 2 aliphatic heterocycles. The fourth-order valence-corrected chi connectivity index (χ4v) is 4.81. The molecule has 6 heteroatoms. The quantitative estimate of drug-likeness (QED) is 0.245. The first-order chi connectivity index (χ1) is 18.2. The molecule has 6 nitrogen and oxygen atoms in total. The third-order valence-electron chi connectivity index (χ3n) is 6.92. The molecule has 38 heavy (non-hydrogen) atoms. The van der Waals surface area contributed by atoms with Crippen LogP contribution >= 0.6 is 0 Å². The fourth-order valence-electron chi connectivity index (χ4n) is 4.81. The van der Waals surface area contributed by atoms with Crippen molar-refractivity contribution in [2.45, 2.75) is 90.0 Å². The molecule has 208 valence electrons. The molecule has 2 aromatic carbocycles. The Bertz CT molecular complexity index is 930. The van der Waals surface area contributed by atoms with Gasteiger partial charge in [0, 0.05) is 0 Å². The van der Waals surface area contributed by atoms with Gasteiger partial charge in [-0.2, -0.15) is 0 Å². The fraction of sp³-hybridized carbons (Fsp3) is 0.562. The molecule has 0 radical (unpaired) electrons. The molecule has 2 atom stereocenters. The van der Waals surface area contributed by atoms with Crippen molar-refractivity contribution in [3.8, 4) is 11.5 Å². The van der Waals surface area contributed by atoms with Crippen LogP contribution < -0.4 is 9.47 Å². The number of hydrogen-bond donors (Lipinski definition) is 0. The van der Waals surface area contributed by atoms with E-state index >= 15 is 0 Å². The zero-order valence-corrected chi connectivity index (χ0v) is 23.5. The van der Waals surface area contributed by atoms with Crippen LogP contribution in [0.4, 0.5) is 0 Å². The predicted octanol–water partition coefficient (Wildman–Crippen LogP) is 7.15. The van der Waals surface area contributed by atoms with Crippen LogP contribution in [0.5, 0.6) is 11.5 Å². The molecule has 0 aliphatic carbocycles. The van der Waals surface area contributed by atoms with E-state index in [1.807, 2.05) is 52.0 Å². The van der Waals surface area contributed by atoms with Crippen LogP contribution in [0.15, 0.2) is 55.1 Å². The lowest BCUT2D eigenvalue weighted by Crippen LogP contribution is -2.21. The summed E-state index contributed by atoms with van der Waals surface area (Å²) in [6.07, 6.45) is 6.49. The summed E-state index contributed by atoms with van der Waals surface area (Å²) in [5.41, 5.74) is 3.13. The van der Waals surface area contributed by atoms with Gasteiger partial charge in [-0.1, -0.05) is 30.8 Å². The van der Waals surface area contributed by atoms with E-state index in [4.69, 9.17) is 28.4 Å². The second kappa shape index (κ2) is 13.1. The average molecular weight is 525 g/mol. The Morgan fingerprint density at radius 1 is 0.684 bits per heavy atom. The first-order valence-corrected chi connectivity index (χ1v) is 14.0. The van der Waals surface area contributed by atoms with Crippen molar-refractivity contribution in [2.24, 2.45) is 0 Å². The molecule has 2 heterocycles. The van der Waals surface area contributed by atoms with Crippen LogP contribution in [0.3, 0.4) is 0 Å². The van der Waals surface area contributed by atoms with Gasteiger partial charge in [0.1, 0.15) is 11.5 Å². The molecule has 0 aromatic heterocycles. The van der Waals surface area contributed by atoms with Crippen LogP contribution in [0.1, 0.15) is 77.3 Å². The lowest BCUT2D eigenvalue weighted by Gasteiger charge is -2.17. The topological polar surface area (TPSA) is 55.4 Å². The van der Waals surface area contributed by atoms with Gasteiger partial charge in [-0.3, -0.25) is 0 Å². The Hall–Kier alpha value is -2.38. The molecular formula is C32H44O6. The molecule has 0 spiro atoms. The summed E-state index contributed by atoms with van der Waals surface area (Å²) in [6, 6.07) is 16.3. The zero-order valence-electron chi connectivity index (χ0n) is 23.5. The minimum atomic E-state index is -0.442. The Kier molecular flexibility index (Phi) is 9.88. The van der Waals surface area contributed by atoms with Crippen LogP contribution in [0.2, 0.25) is 0 Å². The highest BCUT2D eigenvalue weighted by molar-refractivity contribution is 5.78. The van der Waals surface area contributed by atoms with E-state index in [9.17, 15) is 0 Å². The smallest absolute Gasteiger partial charge is 0.163 e. The minimum absolute atomic E-state index is 0.196. The van der Waals surface area contributed by atoms with Crippen LogP contribution in [0, 0.1) is 0 Å². The minimum Gasteiger partial charge on any atom is -0.494 e. The number of ether oxygens (including phenoxy) is 6. The second-order valence-electron chi connectivity index (χ2n) is 11.1. The molecule has 0 N–H and O–H groups in total. The summed E-state index contributed by atoms with van der Waals surface area (Å²) in [7, 11) is 0. The molecule has 0 bridgehead atoms. The van der Waals surface area contributed by atoms with E-state index in [0.717, 1.165) is 66.7 Å². The standard InChI is InChI=1S/C32H44O6/c1-24(25-12-16-27(17-13-25)33-20-8-6-10-29-22-35-31(2,3)37-29)26-14-18-28(19-15-26)34-21-9-7-11-30-23-36-32(4,5)38-30/h12-19,29-30H,1,6-11,20-23H2,2-5H3. The van der Waals surface area contributed by atoms with E-state index in [2.05, 4.69) is 30.8 Å². The highest BCUT2D eigenvalue weighted by atomic mass is 16.7. The van der Waals surface area contributed by atoms with Crippen molar-refractivity contribution in [3.63, 3.8) is 0 Å². The van der Waals surface area contributed by atoms with E-state index in [-0.39, 0.29) is 12.2 Å². The zero-order chi connectivity index (χ0) is 27.0. The maximum atomic E-state index is 5.93. The van der Waals surface area contributed by atoms with Gasteiger partial charge in [-0.25, -0.2) is 0 Å². The Morgan fingerprint density at radius 3 is 1.42 bits per heavy atom. The highest BCUT2D eigenvalue weighted by Crippen LogP contribution is 2.28. The van der Waals surface area contributed by atoms with Crippen molar-refractivity contribution in [2.75, 3.05) is 26.4 Å². The van der Waals surface area contributed by atoms with Crippen molar-refractivity contribution in [3.05, 3.63) is 66.2 Å². The molecule has 2 unspecified atom stereocenters. The Balaban J connectivity index is 1.11. The average Bonchev–Trinajstić information content (AvgIpc) is 3.43. The molecule has 2 fully saturated rings. The molecule has 0 saturated carbocycles. The van der Waals surface area contributed by atoms with Gasteiger partial charge >= 0.3 is 0 Å². The summed E-state index contributed by atoms with van der Waals surface area (Å²) >= 11 is 0. The van der Waals surface area contributed by atoms with Gasteiger partial charge in [0.25, 0.3) is 0 Å². The van der Waals surface area contributed by atoms with E-state index in [0.29, 0.717) is 26.4 Å². The van der Waals surface area contributed by atoms with Crippen molar-refractivity contribution < 1.29 is 28.4 Å². The summed E-state index contributed by atoms with van der Waals surface area (Å²) in [4.78, 5) is 0. The number of rotatable bonds is 14. The first-order valence-electron chi connectivity index (χ1n) is 14.0. The number of hydrogen-bond acceptors (Lipinski definition) is 6. The summed E-state index contributed by atoms with van der Waals surface area (Å²) in [6.45, 7) is 14.9. The van der Waals surface area contributed by atoms with Crippen molar-refractivity contribution >= 4 is 5.57 Å². The lowest BCUT2D eigenvalue weighted by atomic mass is 9.99. The largest absolute Gasteiger partial charge is 0.494 e. The van der Waals surface area contributed by atoms with E-state index in [1.165, 1.54) is 0 Å². The predicted molar refractivity (Wildman–Crippen MR) is 150 cm³/mol. The van der Waals surface area contributed by atoms with Gasteiger partial charge in [0.2, 0.25) is 0 Å². The van der Waals surface area contributed by atoms with E-state index in [1.54, 1.807) is 0 Å². The maximum Gasteiger partial charge on any atom is 0.163 e. The maximum absolute atomic E-state index is 5.93. The molecular weight excluding hydrogens is 480 g/mol. The molecule has 2 saturated heterocycles. The number of unbranched alkanes of at least 4 members (excludes halogenated alkanes) is 2. The summed E-state index contributed by atoms with van der Waals surface area (Å²) in [5.74, 6) is 0.870. The molecule has 4 rings (SSSR count). The molecule has 2 aliphatic rings. The molecule has 0 amide bonds.